The van der Waals surface area contributed by atoms with Crippen molar-refractivity contribution in [2.24, 2.45) is 5.92 Å². The molecular weight excluding hydrogens is 192 g/mol. The maximum Gasteiger partial charge on any atom is 0.309 e. The van der Waals surface area contributed by atoms with Crippen LogP contribution < -0.4 is 0 Å². The Balaban J connectivity index is 4.59. The van der Waals surface area contributed by atoms with E-state index in [4.69, 9.17) is 4.74 Å². The third-order valence-electron chi connectivity index (χ3n) is 2.86. The Morgan fingerprint density at radius 1 is 1.33 bits per heavy atom. The van der Waals surface area contributed by atoms with Crippen LogP contribution in [0.2, 0.25) is 0 Å². The van der Waals surface area contributed by atoms with E-state index in [2.05, 4.69) is 0 Å². The van der Waals surface area contributed by atoms with Crippen molar-refractivity contribution in [1.82, 2.24) is 0 Å². The van der Waals surface area contributed by atoms with E-state index in [0.29, 0.717) is 6.42 Å². The van der Waals surface area contributed by atoms with Crippen LogP contribution in [-0.4, -0.2) is 22.3 Å². The maximum absolute atomic E-state index is 11.5. The fourth-order valence-electron chi connectivity index (χ4n) is 1.27. The van der Waals surface area contributed by atoms with Crippen LogP contribution in [0.4, 0.5) is 0 Å². The Labute approximate surface area is 92.8 Å². The molecule has 90 valence electrons. The van der Waals surface area contributed by atoms with Crippen LogP contribution in [0, 0.1) is 5.92 Å². The first-order valence-electron chi connectivity index (χ1n) is 5.59. The average Bonchev–Trinajstić information content (AvgIpc) is 2.02. The summed E-state index contributed by atoms with van der Waals surface area (Å²) in [7, 11) is 0. The molecule has 0 aromatic rings. The maximum atomic E-state index is 11.5. The molecule has 1 unspecified atom stereocenters. The third-order valence-corrected chi connectivity index (χ3v) is 2.86. The normalized spacial score (nSPS) is 16.3. The van der Waals surface area contributed by atoms with E-state index in [0.717, 1.165) is 6.42 Å². The number of ether oxygens (including phenoxy) is 1. The fourth-order valence-corrected chi connectivity index (χ4v) is 1.27. The number of carbonyl (C=O) groups excluding carboxylic acids is 1. The van der Waals surface area contributed by atoms with E-state index in [1.54, 1.807) is 34.6 Å². The second kappa shape index (κ2) is 4.97. The molecular formula is C12H24O3. The Hall–Kier alpha value is -0.570. The van der Waals surface area contributed by atoms with Gasteiger partial charge in [0, 0.05) is 0 Å². The van der Waals surface area contributed by atoms with E-state index in [1.807, 2.05) is 6.92 Å². The smallest absolute Gasteiger partial charge is 0.309 e. The summed E-state index contributed by atoms with van der Waals surface area (Å²) >= 11 is 0. The van der Waals surface area contributed by atoms with Crippen molar-refractivity contribution in [3.05, 3.63) is 0 Å². The van der Waals surface area contributed by atoms with Gasteiger partial charge in [0.2, 0.25) is 0 Å². The van der Waals surface area contributed by atoms with Crippen molar-refractivity contribution in [2.75, 3.05) is 0 Å². The summed E-state index contributed by atoms with van der Waals surface area (Å²) in [5.41, 5.74) is -1.82. The summed E-state index contributed by atoms with van der Waals surface area (Å²) in [6.45, 7) is 10.8. The summed E-state index contributed by atoms with van der Waals surface area (Å²) in [5.74, 6) is -0.432. The van der Waals surface area contributed by atoms with Gasteiger partial charge in [0.25, 0.3) is 0 Å². The molecule has 1 N–H and O–H groups in total. The van der Waals surface area contributed by atoms with E-state index >= 15 is 0 Å². The molecule has 0 bridgehead atoms. The first-order valence-corrected chi connectivity index (χ1v) is 5.59. The van der Waals surface area contributed by atoms with Crippen LogP contribution >= 0.6 is 0 Å². The second-order valence-electron chi connectivity index (χ2n) is 5.11. The van der Waals surface area contributed by atoms with E-state index in [-0.39, 0.29) is 11.9 Å². The van der Waals surface area contributed by atoms with Gasteiger partial charge in [-0.05, 0) is 27.2 Å². The number of hydrogen-bond acceptors (Lipinski definition) is 3. The van der Waals surface area contributed by atoms with E-state index in [9.17, 15) is 9.90 Å². The molecule has 0 fully saturated rings. The van der Waals surface area contributed by atoms with E-state index < -0.39 is 11.2 Å². The summed E-state index contributed by atoms with van der Waals surface area (Å²) in [5, 5.41) is 10.2. The van der Waals surface area contributed by atoms with Gasteiger partial charge in [0.05, 0.1) is 5.92 Å². The molecule has 3 nitrogen and oxygen atoms in total. The number of carbonyl (C=O) groups is 1. The Kier molecular flexibility index (Phi) is 4.78. The molecule has 3 heteroatoms. The van der Waals surface area contributed by atoms with Gasteiger partial charge in [-0.3, -0.25) is 4.79 Å². The van der Waals surface area contributed by atoms with Gasteiger partial charge in [0.15, 0.2) is 0 Å². The van der Waals surface area contributed by atoms with Crippen LogP contribution in [-0.2, 0) is 9.53 Å². The molecule has 0 aromatic carbocycles. The molecule has 0 radical (unpaired) electrons. The van der Waals surface area contributed by atoms with Gasteiger partial charge in [-0.15, -0.1) is 0 Å². The zero-order valence-electron chi connectivity index (χ0n) is 10.8. The highest BCUT2D eigenvalue weighted by molar-refractivity contribution is 5.72. The monoisotopic (exact) mass is 216 g/mol. The third kappa shape index (κ3) is 3.82. The molecule has 0 spiro atoms. The SMILES string of the molecule is CCCC(C)(O)C(C)(C)OC(=O)C(C)C. The summed E-state index contributed by atoms with van der Waals surface area (Å²) in [6.07, 6.45) is 1.47. The predicted octanol–water partition coefficient (Wildman–Crippen LogP) is 2.52. The van der Waals surface area contributed by atoms with Gasteiger partial charge in [-0.2, -0.15) is 0 Å². The van der Waals surface area contributed by atoms with Gasteiger partial charge in [-0.25, -0.2) is 0 Å². The van der Waals surface area contributed by atoms with Crippen LogP contribution in [0.25, 0.3) is 0 Å². The lowest BCUT2D eigenvalue weighted by Crippen LogP contribution is -2.51. The van der Waals surface area contributed by atoms with Crippen LogP contribution in [0.3, 0.4) is 0 Å². The number of rotatable bonds is 5. The molecule has 0 aliphatic rings. The highest BCUT2D eigenvalue weighted by Crippen LogP contribution is 2.30. The van der Waals surface area contributed by atoms with E-state index in [1.165, 1.54) is 0 Å². The molecule has 0 aliphatic heterocycles. The lowest BCUT2D eigenvalue weighted by atomic mass is 9.83. The van der Waals surface area contributed by atoms with Crippen molar-refractivity contribution in [3.8, 4) is 0 Å². The van der Waals surface area contributed by atoms with Crippen molar-refractivity contribution in [3.63, 3.8) is 0 Å². The Bertz CT molecular complexity index is 217. The average molecular weight is 216 g/mol. The summed E-state index contributed by atoms with van der Waals surface area (Å²) in [6, 6.07) is 0. The largest absolute Gasteiger partial charge is 0.456 e. The zero-order chi connectivity index (χ0) is 12.3. The van der Waals surface area contributed by atoms with Crippen LogP contribution in [0.5, 0.6) is 0 Å². The van der Waals surface area contributed by atoms with Crippen LogP contribution in [0.1, 0.15) is 54.4 Å². The number of hydrogen-bond donors (Lipinski definition) is 1. The lowest BCUT2D eigenvalue weighted by molar-refractivity contribution is -0.188. The first-order chi connectivity index (χ1) is 6.64. The van der Waals surface area contributed by atoms with Crippen molar-refractivity contribution in [1.29, 1.82) is 0 Å². The highest BCUT2D eigenvalue weighted by atomic mass is 16.6. The summed E-state index contributed by atoms with van der Waals surface area (Å²) < 4.78 is 5.33. The fraction of sp³-hybridized carbons (Fsp3) is 0.917. The highest BCUT2D eigenvalue weighted by Gasteiger charge is 2.42. The van der Waals surface area contributed by atoms with Gasteiger partial charge >= 0.3 is 5.97 Å². The minimum atomic E-state index is -0.980. The first kappa shape index (κ1) is 14.4. The number of aliphatic hydroxyl groups is 1. The Morgan fingerprint density at radius 3 is 2.13 bits per heavy atom. The minimum absolute atomic E-state index is 0.165. The van der Waals surface area contributed by atoms with Gasteiger partial charge in [-0.1, -0.05) is 27.2 Å². The molecule has 15 heavy (non-hydrogen) atoms. The number of esters is 1. The molecule has 0 heterocycles. The molecule has 0 saturated heterocycles. The second-order valence-corrected chi connectivity index (χ2v) is 5.11. The van der Waals surface area contributed by atoms with Crippen molar-refractivity contribution >= 4 is 5.97 Å². The Morgan fingerprint density at radius 2 is 1.80 bits per heavy atom. The van der Waals surface area contributed by atoms with Gasteiger partial charge in [0.1, 0.15) is 11.2 Å². The van der Waals surface area contributed by atoms with Gasteiger partial charge < -0.3 is 9.84 Å². The lowest BCUT2D eigenvalue weighted by Gasteiger charge is -2.39. The van der Waals surface area contributed by atoms with Crippen LogP contribution in [0.15, 0.2) is 0 Å². The van der Waals surface area contributed by atoms with Crippen molar-refractivity contribution < 1.29 is 14.6 Å². The summed E-state index contributed by atoms with van der Waals surface area (Å²) in [4.78, 5) is 11.5. The molecule has 1 atom stereocenters. The van der Waals surface area contributed by atoms with Crippen molar-refractivity contribution in [2.45, 2.75) is 65.6 Å². The minimum Gasteiger partial charge on any atom is -0.456 e. The molecule has 0 aliphatic carbocycles. The molecule has 0 rings (SSSR count). The molecule has 0 saturated carbocycles. The quantitative estimate of drug-likeness (QED) is 0.718. The standard InChI is InChI=1S/C12H24O3/c1-7-8-12(6,14)11(4,5)15-10(13)9(2)3/h9,14H,7-8H2,1-6H3. The topological polar surface area (TPSA) is 46.5 Å². The predicted molar refractivity (Wildman–Crippen MR) is 60.5 cm³/mol. The molecule has 0 amide bonds. The molecule has 0 aromatic heterocycles. The zero-order valence-corrected chi connectivity index (χ0v) is 10.8.